The van der Waals surface area contributed by atoms with Crippen LogP contribution in [0, 0.1) is 52.3 Å². The van der Waals surface area contributed by atoms with E-state index >= 15 is 0 Å². The molecule has 9 nitrogen and oxygen atoms in total. The highest BCUT2D eigenvalue weighted by atomic mass is 32.2. The fourth-order valence-corrected chi connectivity index (χ4v) is 10.7. The SMILES string of the molecule is CC[C@H]1[C@@H](O)[C@@H]2[C@H](C[C@H](O)[C@]3(C)[C@@H]([C@H](C)CCC(=O)N(CCO)CCS(=O)(=O)[O-])CC[C@@H]23)[C@@]2(C)CC[C@@H](O)C[C@@H]12. The molecule has 0 heterocycles. The van der Waals surface area contributed by atoms with Crippen LogP contribution in [0.3, 0.4) is 0 Å². The zero-order valence-electron chi connectivity index (χ0n) is 24.7. The van der Waals surface area contributed by atoms with E-state index in [1.807, 2.05) is 0 Å². The van der Waals surface area contributed by atoms with E-state index in [1.165, 1.54) is 4.90 Å². The van der Waals surface area contributed by atoms with Crippen LogP contribution in [-0.4, -0.2) is 88.0 Å². The van der Waals surface area contributed by atoms with Gasteiger partial charge in [0, 0.05) is 19.5 Å². The first-order chi connectivity index (χ1) is 18.7. The Morgan fingerprint density at radius 3 is 2.38 bits per heavy atom. The zero-order chi connectivity index (χ0) is 29.6. The molecule has 12 atom stereocenters. The summed E-state index contributed by atoms with van der Waals surface area (Å²) in [5.41, 5.74) is -0.377. The molecule has 4 N–H and O–H groups in total. The molecule has 4 aliphatic rings. The predicted molar refractivity (Wildman–Crippen MR) is 150 cm³/mol. The van der Waals surface area contributed by atoms with Gasteiger partial charge in [0.25, 0.3) is 0 Å². The molecule has 1 amide bonds. The van der Waals surface area contributed by atoms with Gasteiger partial charge in [-0.1, -0.05) is 34.1 Å². The third-order valence-electron chi connectivity index (χ3n) is 12.4. The van der Waals surface area contributed by atoms with E-state index in [0.717, 1.165) is 38.5 Å². The number of hydrogen-bond donors (Lipinski definition) is 4. The minimum absolute atomic E-state index is 0.00400. The van der Waals surface area contributed by atoms with Gasteiger partial charge in [-0.25, -0.2) is 8.42 Å². The molecule has 4 saturated carbocycles. The Morgan fingerprint density at radius 2 is 1.75 bits per heavy atom. The lowest BCUT2D eigenvalue weighted by Crippen LogP contribution is -2.65. The van der Waals surface area contributed by atoms with Crippen molar-refractivity contribution in [3.05, 3.63) is 0 Å². The van der Waals surface area contributed by atoms with Crippen LogP contribution in [0.5, 0.6) is 0 Å². The number of fused-ring (bicyclic) bond motifs is 5. The average molecular weight is 587 g/mol. The maximum absolute atomic E-state index is 12.9. The third-order valence-corrected chi connectivity index (χ3v) is 13.1. The van der Waals surface area contributed by atoms with Crippen molar-refractivity contribution in [1.82, 2.24) is 4.90 Å². The van der Waals surface area contributed by atoms with Crippen LogP contribution in [0.15, 0.2) is 0 Å². The molecule has 0 radical (unpaired) electrons. The molecule has 0 spiro atoms. The molecule has 0 aromatic rings. The largest absolute Gasteiger partial charge is 0.748 e. The lowest BCUT2D eigenvalue weighted by atomic mass is 9.41. The van der Waals surface area contributed by atoms with E-state index in [2.05, 4.69) is 27.7 Å². The lowest BCUT2D eigenvalue weighted by Gasteiger charge is -2.65. The van der Waals surface area contributed by atoms with Gasteiger partial charge >= 0.3 is 0 Å². The molecule has 4 aliphatic carbocycles. The van der Waals surface area contributed by atoms with Crippen LogP contribution < -0.4 is 0 Å². The van der Waals surface area contributed by atoms with E-state index in [9.17, 15) is 38.2 Å². The van der Waals surface area contributed by atoms with Crippen LogP contribution in [0.4, 0.5) is 0 Å². The number of aliphatic hydroxyl groups excluding tert-OH is 4. The summed E-state index contributed by atoms with van der Waals surface area (Å²) >= 11 is 0. The molecule has 0 saturated heterocycles. The standard InChI is InChI=1S/C30H53NO8S/c1-5-20-23-16-19(33)10-11-29(23,3)24-17-25(34)30(4)21(7-8-22(30)27(24)28(20)36)18(2)6-9-26(35)31(12-14-32)13-15-40(37,38)39/h18-25,27-28,32-34,36H,5-17H2,1-4H3,(H,37,38,39)/p-1/t18-,19-,20-,21-,22+,23+,24+,25+,27+,28-,29+,30-/m1/s1. The Bertz CT molecular complexity index is 1010. The van der Waals surface area contributed by atoms with E-state index in [1.54, 1.807) is 0 Å². The van der Waals surface area contributed by atoms with Crippen molar-refractivity contribution >= 4 is 16.0 Å². The quantitative estimate of drug-likeness (QED) is 0.284. The number of aliphatic hydroxyl groups is 4. The second-order valence-electron chi connectivity index (χ2n) is 14.1. The zero-order valence-corrected chi connectivity index (χ0v) is 25.6. The second kappa shape index (κ2) is 12.1. The minimum atomic E-state index is -4.46. The summed E-state index contributed by atoms with van der Waals surface area (Å²) in [5, 5.41) is 43.5. The molecular formula is C30H52NO8S-. The highest BCUT2D eigenvalue weighted by molar-refractivity contribution is 7.85. The molecule has 4 rings (SSSR count). The van der Waals surface area contributed by atoms with Gasteiger partial charge in [-0.3, -0.25) is 4.79 Å². The van der Waals surface area contributed by atoms with Gasteiger partial charge in [-0.2, -0.15) is 0 Å². The van der Waals surface area contributed by atoms with E-state index in [-0.39, 0.29) is 90.4 Å². The predicted octanol–water partition coefficient (Wildman–Crippen LogP) is 2.37. The van der Waals surface area contributed by atoms with Gasteiger partial charge in [0.15, 0.2) is 0 Å². The Kier molecular flexibility index (Phi) is 9.70. The van der Waals surface area contributed by atoms with Crippen molar-refractivity contribution in [2.24, 2.45) is 52.3 Å². The van der Waals surface area contributed by atoms with Crippen molar-refractivity contribution in [1.29, 1.82) is 0 Å². The van der Waals surface area contributed by atoms with Gasteiger partial charge < -0.3 is 29.9 Å². The van der Waals surface area contributed by atoms with Gasteiger partial charge in [-0.15, -0.1) is 0 Å². The Labute approximate surface area is 240 Å². The lowest BCUT2D eigenvalue weighted by molar-refractivity contribution is -0.228. The van der Waals surface area contributed by atoms with E-state index in [4.69, 9.17) is 0 Å². The molecule has 0 bridgehead atoms. The highest BCUT2D eigenvalue weighted by Crippen LogP contribution is 2.69. The molecule has 40 heavy (non-hydrogen) atoms. The van der Waals surface area contributed by atoms with Crippen molar-refractivity contribution in [3.8, 4) is 0 Å². The van der Waals surface area contributed by atoms with E-state index < -0.39 is 28.1 Å². The number of rotatable bonds is 10. The summed E-state index contributed by atoms with van der Waals surface area (Å²) in [7, 11) is -4.46. The van der Waals surface area contributed by atoms with Crippen molar-refractivity contribution in [2.45, 2.75) is 104 Å². The molecular weight excluding hydrogens is 534 g/mol. The normalized spacial score (nSPS) is 43.9. The summed E-state index contributed by atoms with van der Waals surface area (Å²) in [6, 6.07) is 0. The summed E-state index contributed by atoms with van der Waals surface area (Å²) in [6.45, 7) is 8.26. The number of carbonyl (C=O) groups excluding carboxylic acids is 1. The van der Waals surface area contributed by atoms with Crippen LogP contribution in [0.2, 0.25) is 0 Å². The highest BCUT2D eigenvalue weighted by Gasteiger charge is 2.67. The number of carbonyl (C=O) groups is 1. The number of hydrogen-bond acceptors (Lipinski definition) is 8. The van der Waals surface area contributed by atoms with Crippen molar-refractivity contribution < 1.29 is 38.2 Å². The van der Waals surface area contributed by atoms with Crippen molar-refractivity contribution in [3.63, 3.8) is 0 Å². The second-order valence-corrected chi connectivity index (χ2v) is 15.6. The van der Waals surface area contributed by atoms with Gasteiger partial charge in [0.2, 0.25) is 5.91 Å². The van der Waals surface area contributed by atoms with Crippen molar-refractivity contribution in [2.75, 3.05) is 25.4 Å². The minimum Gasteiger partial charge on any atom is -0.748 e. The molecule has 4 fully saturated rings. The maximum Gasteiger partial charge on any atom is 0.222 e. The summed E-state index contributed by atoms with van der Waals surface area (Å²) < 4.78 is 33.2. The summed E-state index contributed by atoms with van der Waals surface area (Å²) in [5.74, 6) is 0.275. The maximum atomic E-state index is 12.9. The monoisotopic (exact) mass is 586 g/mol. The third kappa shape index (κ3) is 5.74. The van der Waals surface area contributed by atoms with Crippen LogP contribution in [-0.2, 0) is 14.9 Å². The first-order valence-corrected chi connectivity index (χ1v) is 17.1. The van der Waals surface area contributed by atoms with Crippen LogP contribution in [0.1, 0.15) is 85.5 Å². The van der Waals surface area contributed by atoms with Crippen LogP contribution in [0.25, 0.3) is 0 Å². The molecule has 0 unspecified atom stereocenters. The van der Waals surface area contributed by atoms with Crippen LogP contribution >= 0.6 is 0 Å². The molecule has 0 aromatic carbocycles. The summed E-state index contributed by atoms with van der Waals surface area (Å²) in [4.78, 5) is 14.2. The molecule has 232 valence electrons. The number of nitrogens with zero attached hydrogens (tertiary/aromatic N) is 1. The fourth-order valence-electron chi connectivity index (χ4n) is 10.3. The Balaban J connectivity index is 1.50. The average Bonchev–Trinajstić information content (AvgIpc) is 3.24. The molecule has 10 heteroatoms. The smallest absolute Gasteiger partial charge is 0.222 e. The topological polar surface area (TPSA) is 158 Å². The Hall–Kier alpha value is -0.780. The summed E-state index contributed by atoms with van der Waals surface area (Å²) in [6.07, 6.45) is 5.32. The first kappa shape index (κ1) is 32.1. The van der Waals surface area contributed by atoms with Gasteiger partial charge in [0.05, 0.1) is 40.8 Å². The van der Waals surface area contributed by atoms with E-state index in [0.29, 0.717) is 12.8 Å². The fraction of sp³-hybridized carbons (Fsp3) is 0.967. The first-order valence-electron chi connectivity index (χ1n) is 15.5. The number of amides is 1. The Morgan fingerprint density at radius 1 is 1.05 bits per heavy atom. The molecule has 0 aliphatic heterocycles. The molecule has 0 aromatic heterocycles. The van der Waals surface area contributed by atoms with Gasteiger partial charge in [-0.05, 0) is 97.2 Å². The van der Waals surface area contributed by atoms with Gasteiger partial charge in [0.1, 0.15) is 0 Å².